The standard InChI is InChI=1S/C15H17ClFNO4S/c16-11-2-1-3-12(17)10(11)8-15(19)18-5-7-23(20,21)14-9-22-6-4-13(14)18/h1-3,13-14H,4-9H2/t13-,14+/m0/s1. The normalized spacial score (nSPS) is 26.6. The van der Waals surface area contributed by atoms with E-state index in [-0.39, 0.29) is 41.8 Å². The molecule has 1 aromatic carbocycles. The Morgan fingerprint density at radius 1 is 1.43 bits per heavy atom. The van der Waals surface area contributed by atoms with Gasteiger partial charge in [-0.3, -0.25) is 4.79 Å². The fraction of sp³-hybridized carbons (Fsp3) is 0.533. The lowest BCUT2D eigenvalue weighted by molar-refractivity contribution is -0.134. The molecule has 23 heavy (non-hydrogen) atoms. The first-order valence-corrected chi connectivity index (χ1v) is 9.51. The van der Waals surface area contributed by atoms with Crippen LogP contribution in [0.15, 0.2) is 18.2 Å². The van der Waals surface area contributed by atoms with E-state index >= 15 is 0 Å². The summed E-state index contributed by atoms with van der Waals surface area (Å²) in [6, 6.07) is 3.87. The number of hydrogen-bond donors (Lipinski definition) is 0. The molecule has 2 fully saturated rings. The van der Waals surface area contributed by atoms with E-state index in [2.05, 4.69) is 0 Å². The Balaban J connectivity index is 1.82. The molecule has 126 valence electrons. The summed E-state index contributed by atoms with van der Waals surface area (Å²) in [5, 5.41) is -0.489. The first-order chi connectivity index (χ1) is 10.9. The summed E-state index contributed by atoms with van der Waals surface area (Å²) in [7, 11) is -3.26. The van der Waals surface area contributed by atoms with E-state index in [4.69, 9.17) is 16.3 Å². The maximum atomic E-state index is 13.9. The zero-order chi connectivity index (χ0) is 16.6. The van der Waals surface area contributed by atoms with Crippen LogP contribution in [0.1, 0.15) is 12.0 Å². The number of carbonyl (C=O) groups excluding carboxylic acids is 1. The van der Waals surface area contributed by atoms with E-state index in [0.29, 0.717) is 13.0 Å². The summed E-state index contributed by atoms with van der Waals surface area (Å²) in [4.78, 5) is 14.2. The lowest BCUT2D eigenvalue weighted by Crippen LogP contribution is -2.60. The van der Waals surface area contributed by atoms with Gasteiger partial charge in [0.15, 0.2) is 9.84 Å². The van der Waals surface area contributed by atoms with Crippen LogP contribution in [0.25, 0.3) is 0 Å². The van der Waals surface area contributed by atoms with Gasteiger partial charge >= 0.3 is 0 Å². The first-order valence-electron chi connectivity index (χ1n) is 7.42. The summed E-state index contributed by atoms with van der Waals surface area (Å²) in [6.07, 6.45) is 0.302. The van der Waals surface area contributed by atoms with Crippen LogP contribution in [0.2, 0.25) is 5.02 Å². The van der Waals surface area contributed by atoms with Crippen LogP contribution in [0.4, 0.5) is 4.39 Å². The van der Waals surface area contributed by atoms with Crippen molar-refractivity contribution < 1.29 is 22.3 Å². The van der Waals surface area contributed by atoms with Crippen molar-refractivity contribution in [1.82, 2.24) is 4.90 Å². The predicted molar refractivity (Wildman–Crippen MR) is 83.6 cm³/mol. The van der Waals surface area contributed by atoms with E-state index in [1.165, 1.54) is 18.2 Å². The van der Waals surface area contributed by atoms with Crippen LogP contribution in [-0.2, 0) is 25.8 Å². The van der Waals surface area contributed by atoms with Crippen LogP contribution >= 0.6 is 11.6 Å². The van der Waals surface area contributed by atoms with Crippen LogP contribution < -0.4 is 0 Å². The third kappa shape index (κ3) is 3.22. The van der Waals surface area contributed by atoms with Gasteiger partial charge in [-0.15, -0.1) is 0 Å². The summed E-state index contributed by atoms with van der Waals surface area (Å²) in [6.45, 7) is 0.659. The summed E-state index contributed by atoms with van der Waals surface area (Å²) in [5.41, 5.74) is 0.149. The van der Waals surface area contributed by atoms with Gasteiger partial charge in [0, 0.05) is 23.7 Å². The number of amides is 1. The monoisotopic (exact) mass is 361 g/mol. The molecule has 8 heteroatoms. The molecule has 0 aromatic heterocycles. The molecule has 3 rings (SSSR count). The Morgan fingerprint density at radius 2 is 2.22 bits per heavy atom. The minimum Gasteiger partial charge on any atom is -0.380 e. The number of rotatable bonds is 2. The van der Waals surface area contributed by atoms with Gasteiger partial charge in [-0.2, -0.15) is 0 Å². The van der Waals surface area contributed by atoms with Gasteiger partial charge in [0.2, 0.25) is 5.91 Å². The summed E-state index contributed by atoms with van der Waals surface area (Å²) < 4.78 is 43.4. The number of ether oxygens (including phenoxy) is 1. The Hall–Kier alpha value is -1.18. The molecule has 2 heterocycles. The summed E-state index contributed by atoms with van der Waals surface area (Å²) >= 11 is 5.97. The highest BCUT2D eigenvalue weighted by molar-refractivity contribution is 7.92. The Morgan fingerprint density at radius 3 is 2.96 bits per heavy atom. The number of benzene rings is 1. The molecule has 0 unspecified atom stereocenters. The molecule has 2 aliphatic heterocycles. The largest absolute Gasteiger partial charge is 0.380 e. The number of fused-ring (bicyclic) bond motifs is 1. The predicted octanol–water partition coefficient (Wildman–Crippen LogP) is 1.44. The van der Waals surface area contributed by atoms with Crippen molar-refractivity contribution in [3.8, 4) is 0 Å². The first kappa shape index (κ1) is 16.7. The minimum absolute atomic E-state index is 0.0890. The topological polar surface area (TPSA) is 63.7 Å². The number of hydrogen-bond acceptors (Lipinski definition) is 4. The van der Waals surface area contributed by atoms with Crippen LogP contribution in [0.3, 0.4) is 0 Å². The smallest absolute Gasteiger partial charge is 0.227 e. The van der Waals surface area contributed by atoms with Gasteiger partial charge < -0.3 is 9.64 Å². The molecule has 0 saturated carbocycles. The van der Waals surface area contributed by atoms with Gasteiger partial charge in [-0.25, -0.2) is 12.8 Å². The van der Waals surface area contributed by atoms with Gasteiger partial charge in [0.25, 0.3) is 0 Å². The zero-order valence-electron chi connectivity index (χ0n) is 12.4. The molecule has 1 amide bonds. The molecule has 5 nitrogen and oxygen atoms in total. The second kappa shape index (κ2) is 6.37. The Kier molecular flexibility index (Phi) is 4.62. The minimum atomic E-state index is -3.26. The summed E-state index contributed by atoms with van der Waals surface area (Å²) in [5.74, 6) is -0.920. The van der Waals surface area contributed by atoms with Crippen molar-refractivity contribution in [2.24, 2.45) is 0 Å². The number of nitrogens with zero attached hydrogens (tertiary/aromatic N) is 1. The fourth-order valence-electron chi connectivity index (χ4n) is 3.21. The van der Waals surface area contributed by atoms with E-state index in [9.17, 15) is 17.6 Å². The molecule has 1 aromatic rings. The van der Waals surface area contributed by atoms with Crippen molar-refractivity contribution in [2.45, 2.75) is 24.1 Å². The number of sulfone groups is 1. The molecule has 2 atom stereocenters. The van der Waals surface area contributed by atoms with Crippen molar-refractivity contribution in [2.75, 3.05) is 25.5 Å². The van der Waals surface area contributed by atoms with Crippen molar-refractivity contribution in [3.63, 3.8) is 0 Å². The lowest BCUT2D eigenvalue weighted by Gasteiger charge is -2.43. The third-order valence-corrected chi connectivity index (χ3v) is 6.94. The number of halogens is 2. The van der Waals surface area contributed by atoms with Crippen molar-refractivity contribution >= 4 is 27.3 Å². The molecule has 0 radical (unpaired) electrons. The quantitative estimate of drug-likeness (QED) is 0.799. The van der Waals surface area contributed by atoms with Crippen LogP contribution in [0, 0.1) is 5.82 Å². The van der Waals surface area contributed by atoms with Crippen LogP contribution in [0.5, 0.6) is 0 Å². The maximum Gasteiger partial charge on any atom is 0.227 e. The highest BCUT2D eigenvalue weighted by Gasteiger charge is 2.45. The van der Waals surface area contributed by atoms with Gasteiger partial charge in [0.05, 0.1) is 24.8 Å². The fourth-order valence-corrected chi connectivity index (χ4v) is 5.26. The molecule has 0 aliphatic carbocycles. The SMILES string of the molecule is O=C(Cc1c(F)cccc1Cl)N1CCS(=O)(=O)[C@@H]2COCC[C@@H]21. The van der Waals surface area contributed by atoms with Crippen molar-refractivity contribution in [3.05, 3.63) is 34.6 Å². The van der Waals surface area contributed by atoms with Gasteiger partial charge in [0.1, 0.15) is 11.1 Å². The molecule has 2 aliphatic rings. The molecule has 0 bridgehead atoms. The third-order valence-electron chi connectivity index (χ3n) is 4.46. The molecular weight excluding hydrogens is 345 g/mol. The van der Waals surface area contributed by atoms with E-state index in [1.54, 1.807) is 4.90 Å². The van der Waals surface area contributed by atoms with Gasteiger partial charge in [-0.1, -0.05) is 17.7 Å². The molecular formula is C15H17ClFNO4S. The highest BCUT2D eigenvalue weighted by atomic mass is 35.5. The molecule has 0 spiro atoms. The van der Waals surface area contributed by atoms with E-state index in [1.807, 2.05) is 0 Å². The lowest BCUT2D eigenvalue weighted by atomic mass is 10.0. The average molecular weight is 362 g/mol. The van der Waals surface area contributed by atoms with Gasteiger partial charge in [-0.05, 0) is 18.6 Å². The average Bonchev–Trinajstić information content (AvgIpc) is 2.51. The van der Waals surface area contributed by atoms with E-state index in [0.717, 1.165) is 0 Å². The Bertz CT molecular complexity index is 704. The highest BCUT2D eigenvalue weighted by Crippen LogP contribution is 2.28. The second-order valence-corrected chi connectivity index (χ2v) is 8.55. The maximum absolute atomic E-state index is 13.9. The second-order valence-electron chi connectivity index (χ2n) is 5.80. The molecule has 2 saturated heterocycles. The van der Waals surface area contributed by atoms with Crippen LogP contribution in [-0.4, -0.2) is 56.0 Å². The Labute approximate surface area is 139 Å². The van der Waals surface area contributed by atoms with Crippen molar-refractivity contribution in [1.29, 1.82) is 0 Å². The zero-order valence-corrected chi connectivity index (χ0v) is 13.9. The number of carbonyl (C=O) groups is 1. The molecule has 0 N–H and O–H groups in total. The van der Waals surface area contributed by atoms with E-state index < -0.39 is 26.9 Å².